The van der Waals surface area contributed by atoms with Crippen molar-refractivity contribution in [3.63, 3.8) is 0 Å². The van der Waals surface area contributed by atoms with Gasteiger partial charge in [0.15, 0.2) is 0 Å². The summed E-state index contributed by atoms with van der Waals surface area (Å²) in [5.41, 5.74) is 10.4. The van der Waals surface area contributed by atoms with Crippen molar-refractivity contribution in [2.24, 2.45) is 9.98 Å². The van der Waals surface area contributed by atoms with Gasteiger partial charge in [-0.3, -0.25) is 4.99 Å². The predicted octanol–water partition coefficient (Wildman–Crippen LogP) is 9.09. The van der Waals surface area contributed by atoms with Crippen molar-refractivity contribution in [1.82, 2.24) is 0 Å². The molecule has 0 radical (unpaired) electrons. The molecular weight excluding hydrogens is 565 g/mol. The second kappa shape index (κ2) is 15.7. The van der Waals surface area contributed by atoms with Crippen LogP contribution >= 0.6 is 14.2 Å². The van der Waals surface area contributed by atoms with Crippen LogP contribution in [0.5, 0.6) is 0 Å². The van der Waals surface area contributed by atoms with Crippen LogP contribution in [0.2, 0.25) is 0 Å². The first-order valence-electron chi connectivity index (χ1n) is 11.7. The zero-order valence-corrected chi connectivity index (χ0v) is 24.3. The Hall–Kier alpha value is -3.32. The van der Waals surface area contributed by atoms with E-state index in [-0.39, 0.29) is 0 Å². The van der Waals surface area contributed by atoms with Crippen molar-refractivity contribution in [1.29, 1.82) is 5.26 Å². The predicted molar refractivity (Wildman–Crippen MR) is 156 cm³/mol. The minimum atomic E-state index is 0.715. The van der Waals surface area contributed by atoms with Crippen molar-refractivity contribution < 1.29 is 13.7 Å². The van der Waals surface area contributed by atoms with Crippen LogP contribution in [0.15, 0.2) is 101 Å². The van der Waals surface area contributed by atoms with Crippen molar-refractivity contribution in [3.05, 3.63) is 130 Å². The van der Waals surface area contributed by atoms with Gasteiger partial charge in [-0.2, -0.15) is 5.26 Å². The molecule has 3 nitrogen and oxygen atoms in total. The molecule has 0 aromatic heterocycles. The number of aliphatic imine (C=N–C) groups is 2. The van der Waals surface area contributed by atoms with Crippen molar-refractivity contribution in [2.75, 3.05) is 0 Å². The van der Waals surface area contributed by atoms with E-state index >= 15 is 0 Å². The molecule has 0 fully saturated rings. The van der Waals surface area contributed by atoms with Gasteiger partial charge >= 0.3 is 27.9 Å². The van der Waals surface area contributed by atoms with Crippen LogP contribution in [0.3, 0.4) is 0 Å². The summed E-state index contributed by atoms with van der Waals surface area (Å²) in [6.45, 7) is 10.4. The zero-order valence-electron chi connectivity index (χ0n) is 21.7. The number of para-hydroxylation sites is 2. The number of benzene rings is 4. The number of aryl methyl sites for hydroxylation is 4. The standard InChI is InChI=1S/C25H25N2.C7H5N.BrH.Ni/c1-17-10-8-11-18(2)24(17)26-16-22-14-6-7-15-23(22)21(5)27-25-19(3)12-9-13-20(25)4;8-6-7-4-2-1-3-5-7;;/h6-15H,1-5H3;1-5H;1H;/q-1;;;+1/p-1. The molecule has 0 unspecified atom stereocenters. The maximum absolute atomic E-state index is 8.29. The first-order valence-corrected chi connectivity index (χ1v) is 14.2. The first kappa shape index (κ1) is 29.9. The molecule has 0 heterocycles. The van der Waals surface area contributed by atoms with Crippen molar-refractivity contribution >= 4 is 37.5 Å². The Morgan fingerprint density at radius 3 is 1.70 bits per heavy atom. The molecular formula is C32H30BrN3Ni-. The summed E-state index contributed by atoms with van der Waals surface area (Å²) in [5, 5.41) is 8.29. The Labute approximate surface area is 236 Å². The fourth-order valence-corrected chi connectivity index (χ4v) is 3.72. The van der Waals surface area contributed by atoms with Crippen LogP contribution in [0, 0.1) is 39.0 Å². The van der Waals surface area contributed by atoms with Gasteiger partial charge < -0.3 is 4.99 Å². The minimum absolute atomic E-state index is 0.715. The summed E-state index contributed by atoms with van der Waals surface area (Å²) >= 11 is 6.25. The zero-order chi connectivity index (χ0) is 27.2. The summed E-state index contributed by atoms with van der Waals surface area (Å²) < 4.78 is 0. The summed E-state index contributed by atoms with van der Waals surface area (Å²) in [7, 11) is 0. The summed E-state index contributed by atoms with van der Waals surface area (Å²) in [5.74, 6) is 0. The second-order valence-electron chi connectivity index (χ2n) is 8.43. The average molecular weight is 595 g/mol. The number of nitrogens with zero attached hydrogens (tertiary/aromatic N) is 3. The molecule has 191 valence electrons. The third-order valence-corrected chi connectivity index (χ3v) is 5.67. The number of halogens is 1. The molecule has 5 heteroatoms. The molecule has 0 N–H and O–H groups in total. The van der Waals surface area contributed by atoms with Gasteiger partial charge in [-0.25, -0.2) is 0 Å². The average Bonchev–Trinajstić information content (AvgIpc) is 2.92. The van der Waals surface area contributed by atoms with Gasteiger partial charge in [-0.1, -0.05) is 83.4 Å². The van der Waals surface area contributed by atoms with Gasteiger partial charge in [0.05, 0.1) is 17.3 Å². The monoisotopic (exact) mass is 593 g/mol. The molecule has 0 aliphatic carbocycles. The van der Waals surface area contributed by atoms with Gasteiger partial charge in [-0.15, -0.1) is 17.7 Å². The van der Waals surface area contributed by atoms with Gasteiger partial charge in [0.2, 0.25) is 0 Å². The third kappa shape index (κ3) is 8.94. The van der Waals surface area contributed by atoms with Crippen LogP contribution in [0.4, 0.5) is 11.4 Å². The van der Waals surface area contributed by atoms with E-state index < -0.39 is 0 Å². The van der Waals surface area contributed by atoms with E-state index in [4.69, 9.17) is 10.3 Å². The second-order valence-corrected chi connectivity index (χ2v) is 8.43. The maximum atomic E-state index is 8.29. The molecule has 37 heavy (non-hydrogen) atoms. The molecule has 4 aromatic rings. The van der Waals surface area contributed by atoms with E-state index in [2.05, 4.69) is 109 Å². The summed E-state index contributed by atoms with van der Waals surface area (Å²) in [4.78, 5) is 9.57. The molecule has 0 aliphatic rings. The Morgan fingerprint density at radius 2 is 1.19 bits per heavy atom. The van der Waals surface area contributed by atoms with Crippen molar-refractivity contribution in [2.45, 2.75) is 34.6 Å². The Bertz CT molecular complexity index is 1360. The number of nitriles is 1. The van der Waals surface area contributed by atoms with Crippen molar-refractivity contribution in [3.8, 4) is 6.07 Å². The van der Waals surface area contributed by atoms with Gasteiger partial charge in [0, 0.05) is 5.71 Å². The van der Waals surface area contributed by atoms with E-state index in [1.807, 2.05) is 49.4 Å². The van der Waals surface area contributed by atoms with Gasteiger partial charge in [-0.05, 0) is 69.8 Å². The fourth-order valence-electron chi connectivity index (χ4n) is 3.72. The number of hydrogen-bond donors (Lipinski definition) is 0. The van der Waals surface area contributed by atoms with E-state index in [9.17, 15) is 0 Å². The molecule has 0 aliphatic heterocycles. The van der Waals surface area contributed by atoms with Crippen LogP contribution in [0.1, 0.15) is 45.9 Å². The molecule has 0 atom stereocenters. The van der Waals surface area contributed by atoms with Crippen LogP contribution in [0.25, 0.3) is 0 Å². The Kier molecular flexibility index (Phi) is 12.7. The van der Waals surface area contributed by atoms with Crippen LogP contribution in [-0.4, -0.2) is 11.9 Å². The summed E-state index contributed by atoms with van der Waals surface area (Å²) in [6, 6.07) is 31.8. The third-order valence-electron chi connectivity index (χ3n) is 5.67. The van der Waals surface area contributed by atoms with Crippen LogP contribution < -0.4 is 0 Å². The van der Waals surface area contributed by atoms with Gasteiger partial charge in [0.25, 0.3) is 0 Å². The molecule has 0 amide bonds. The molecule has 4 rings (SSSR count). The molecule has 0 saturated carbocycles. The Balaban J connectivity index is 0.000000406. The molecule has 0 saturated heterocycles. The number of rotatable bonds is 4. The number of hydrogen-bond acceptors (Lipinski definition) is 3. The van der Waals surface area contributed by atoms with Gasteiger partial charge in [0.1, 0.15) is 0 Å². The molecule has 0 spiro atoms. The summed E-state index contributed by atoms with van der Waals surface area (Å²) in [6.07, 6.45) is 3.25. The molecule has 4 aromatic carbocycles. The topological polar surface area (TPSA) is 48.5 Å². The Morgan fingerprint density at radius 1 is 0.703 bits per heavy atom. The SMILES string of the molecule is CC(=Nc1c(C)cccc1C)c1ccccc1[C-]=Nc1c(C)cccc1C.N#Cc1ccccc1.[Ni][Br]. The van der Waals surface area contributed by atoms with E-state index in [1.54, 1.807) is 12.1 Å². The first-order chi connectivity index (χ1) is 17.9. The van der Waals surface area contributed by atoms with E-state index in [1.165, 1.54) is 11.1 Å². The van der Waals surface area contributed by atoms with E-state index in [0.29, 0.717) is 5.56 Å². The fraction of sp³-hybridized carbons (Fsp3) is 0.156. The molecule has 0 bridgehead atoms. The van der Waals surface area contributed by atoms with Crippen LogP contribution in [-0.2, 0) is 13.7 Å². The normalized spacial score (nSPS) is 10.6. The van der Waals surface area contributed by atoms with E-state index in [0.717, 1.165) is 39.3 Å². The quantitative estimate of drug-likeness (QED) is 0.132.